The van der Waals surface area contributed by atoms with E-state index in [1.165, 1.54) is 0 Å². The van der Waals surface area contributed by atoms with Gasteiger partial charge in [-0.25, -0.2) is 0 Å². The number of hydrogen-bond acceptors (Lipinski definition) is 4. The second kappa shape index (κ2) is 8.01. The second-order valence-electron chi connectivity index (χ2n) is 5.51. The zero-order valence-corrected chi connectivity index (χ0v) is 14.0. The Bertz CT molecular complexity index is 606. The summed E-state index contributed by atoms with van der Waals surface area (Å²) in [5.41, 5.74) is 1.60. The highest BCUT2D eigenvalue weighted by atomic mass is 32.2. The molecule has 6 nitrogen and oxygen atoms in total. The van der Waals surface area contributed by atoms with E-state index in [1.807, 2.05) is 38.1 Å². The van der Waals surface area contributed by atoms with Crippen LogP contribution < -0.4 is 16.0 Å². The van der Waals surface area contributed by atoms with Gasteiger partial charge in [0, 0.05) is 23.9 Å². The molecule has 1 aliphatic heterocycles. The molecule has 124 valence electrons. The monoisotopic (exact) mass is 335 g/mol. The van der Waals surface area contributed by atoms with Crippen LogP contribution in [-0.4, -0.2) is 28.8 Å². The number of carbonyl (C=O) groups is 3. The summed E-state index contributed by atoms with van der Waals surface area (Å²) in [6.07, 6.45) is 0.784. The maximum atomic E-state index is 11.9. The van der Waals surface area contributed by atoms with Crippen LogP contribution in [0.3, 0.4) is 0 Å². The average molecular weight is 335 g/mol. The van der Waals surface area contributed by atoms with Crippen molar-refractivity contribution in [3.05, 3.63) is 29.8 Å². The van der Waals surface area contributed by atoms with Gasteiger partial charge in [0.25, 0.3) is 5.24 Å². The summed E-state index contributed by atoms with van der Waals surface area (Å²) in [4.78, 5) is 34.9. The molecule has 2 rings (SSSR count). The van der Waals surface area contributed by atoms with Crippen LogP contribution in [0.1, 0.15) is 25.8 Å². The van der Waals surface area contributed by atoms with E-state index < -0.39 is 6.04 Å². The molecule has 23 heavy (non-hydrogen) atoms. The normalized spacial score (nSPS) is 18.2. The van der Waals surface area contributed by atoms with Crippen molar-refractivity contribution in [2.24, 2.45) is 5.92 Å². The minimum absolute atomic E-state index is 0.0145. The Labute approximate surface area is 139 Å². The first-order valence-corrected chi connectivity index (χ1v) is 8.59. The van der Waals surface area contributed by atoms with E-state index in [4.69, 9.17) is 0 Å². The number of hydrogen-bond donors (Lipinski definition) is 3. The number of thioether (sulfide) groups is 1. The Morgan fingerprint density at radius 1 is 1.43 bits per heavy atom. The van der Waals surface area contributed by atoms with E-state index in [-0.39, 0.29) is 23.0 Å². The number of anilines is 1. The Hall–Kier alpha value is -2.02. The van der Waals surface area contributed by atoms with E-state index in [0.717, 1.165) is 23.7 Å². The van der Waals surface area contributed by atoms with Crippen LogP contribution in [0.5, 0.6) is 0 Å². The number of carbonyl (C=O) groups excluding carboxylic acids is 3. The highest BCUT2D eigenvalue weighted by molar-refractivity contribution is 8.14. The zero-order valence-electron chi connectivity index (χ0n) is 13.2. The molecule has 1 heterocycles. The third-order valence-electron chi connectivity index (χ3n) is 3.71. The molecule has 0 aromatic heterocycles. The predicted molar refractivity (Wildman–Crippen MR) is 91.2 cm³/mol. The Kier molecular flexibility index (Phi) is 6.04. The van der Waals surface area contributed by atoms with Crippen LogP contribution in [0, 0.1) is 5.92 Å². The molecule has 7 heteroatoms. The van der Waals surface area contributed by atoms with E-state index in [0.29, 0.717) is 18.0 Å². The lowest BCUT2D eigenvalue weighted by Gasteiger charge is -2.13. The molecule has 1 aromatic carbocycles. The lowest BCUT2D eigenvalue weighted by Crippen LogP contribution is -2.42. The summed E-state index contributed by atoms with van der Waals surface area (Å²) in [6, 6.07) is 6.89. The summed E-state index contributed by atoms with van der Waals surface area (Å²) in [5.74, 6) is 0.203. The smallest absolute Gasteiger partial charge is 0.279 e. The fraction of sp³-hybridized carbons (Fsp3) is 0.438. The van der Waals surface area contributed by atoms with E-state index >= 15 is 0 Å². The minimum atomic E-state index is -0.471. The quantitative estimate of drug-likeness (QED) is 0.743. The molecular weight excluding hydrogens is 314 g/mol. The molecule has 1 fully saturated rings. The molecule has 1 saturated heterocycles. The van der Waals surface area contributed by atoms with Crippen molar-refractivity contribution in [2.75, 3.05) is 11.1 Å². The molecule has 0 spiro atoms. The van der Waals surface area contributed by atoms with Crippen LogP contribution in [-0.2, 0) is 16.1 Å². The molecule has 2 unspecified atom stereocenters. The van der Waals surface area contributed by atoms with Gasteiger partial charge >= 0.3 is 0 Å². The molecule has 2 atom stereocenters. The second-order valence-corrected chi connectivity index (χ2v) is 6.50. The summed E-state index contributed by atoms with van der Waals surface area (Å²) >= 11 is 1.11. The first-order chi connectivity index (χ1) is 11.0. The van der Waals surface area contributed by atoms with Gasteiger partial charge in [-0.05, 0) is 24.1 Å². The summed E-state index contributed by atoms with van der Waals surface area (Å²) in [6.45, 7) is 4.20. The van der Waals surface area contributed by atoms with Crippen LogP contribution in [0.4, 0.5) is 10.5 Å². The summed E-state index contributed by atoms with van der Waals surface area (Å²) in [7, 11) is 0. The number of nitrogens with one attached hydrogen (secondary N) is 3. The van der Waals surface area contributed by atoms with Gasteiger partial charge in [-0.15, -0.1) is 0 Å². The molecule has 3 N–H and O–H groups in total. The molecule has 0 aliphatic carbocycles. The number of benzene rings is 1. The van der Waals surface area contributed by atoms with Gasteiger partial charge in [0.2, 0.25) is 11.8 Å². The maximum Gasteiger partial charge on any atom is 0.279 e. The van der Waals surface area contributed by atoms with E-state index in [9.17, 15) is 14.4 Å². The Morgan fingerprint density at radius 3 is 2.87 bits per heavy atom. The number of rotatable bonds is 6. The van der Waals surface area contributed by atoms with Gasteiger partial charge < -0.3 is 16.0 Å². The molecule has 1 aliphatic rings. The van der Waals surface area contributed by atoms with Crippen molar-refractivity contribution in [1.82, 2.24) is 10.6 Å². The fourth-order valence-electron chi connectivity index (χ4n) is 2.05. The average Bonchev–Trinajstić information content (AvgIpc) is 2.98. The van der Waals surface area contributed by atoms with Crippen LogP contribution in [0.2, 0.25) is 0 Å². The van der Waals surface area contributed by atoms with Crippen molar-refractivity contribution in [1.29, 1.82) is 0 Å². The van der Waals surface area contributed by atoms with Gasteiger partial charge in [-0.2, -0.15) is 0 Å². The Balaban J connectivity index is 1.88. The number of amides is 3. The molecule has 0 saturated carbocycles. The zero-order chi connectivity index (χ0) is 16.8. The van der Waals surface area contributed by atoms with Gasteiger partial charge in [-0.1, -0.05) is 37.7 Å². The highest BCUT2D eigenvalue weighted by Gasteiger charge is 2.27. The standard InChI is InChI=1S/C16H21N3O3S/c1-3-10(2)14(20)18-12-6-4-5-11(7-12)8-17-15(21)13-9-23-16(22)19-13/h4-7,10,13H,3,8-9H2,1-2H3,(H,17,21)(H,18,20)(H,19,22). The third-order valence-corrected chi connectivity index (χ3v) is 4.59. The topological polar surface area (TPSA) is 87.3 Å². The fourth-order valence-corrected chi connectivity index (χ4v) is 2.83. The lowest BCUT2D eigenvalue weighted by atomic mass is 10.1. The van der Waals surface area contributed by atoms with Crippen molar-refractivity contribution >= 4 is 34.5 Å². The Morgan fingerprint density at radius 2 is 2.22 bits per heavy atom. The van der Waals surface area contributed by atoms with Gasteiger partial charge in [0.15, 0.2) is 0 Å². The molecule has 0 radical (unpaired) electrons. The van der Waals surface area contributed by atoms with Gasteiger partial charge in [0.1, 0.15) is 6.04 Å². The highest BCUT2D eigenvalue weighted by Crippen LogP contribution is 2.15. The summed E-state index contributed by atoms with van der Waals surface area (Å²) in [5, 5.41) is 8.10. The van der Waals surface area contributed by atoms with E-state index in [1.54, 1.807) is 0 Å². The van der Waals surface area contributed by atoms with Crippen molar-refractivity contribution in [3.63, 3.8) is 0 Å². The predicted octanol–water partition coefficient (Wildman–Crippen LogP) is 2.11. The molecule has 1 aromatic rings. The van der Waals surface area contributed by atoms with Gasteiger partial charge in [0.05, 0.1) is 0 Å². The largest absolute Gasteiger partial charge is 0.350 e. The lowest BCUT2D eigenvalue weighted by molar-refractivity contribution is -0.122. The minimum Gasteiger partial charge on any atom is -0.350 e. The maximum absolute atomic E-state index is 11.9. The molecule has 0 bridgehead atoms. The third kappa shape index (κ3) is 4.99. The van der Waals surface area contributed by atoms with Crippen molar-refractivity contribution in [3.8, 4) is 0 Å². The van der Waals surface area contributed by atoms with Crippen LogP contribution >= 0.6 is 11.8 Å². The van der Waals surface area contributed by atoms with Gasteiger partial charge in [-0.3, -0.25) is 14.4 Å². The molecule has 3 amide bonds. The van der Waals surface area contributed by atoms with E-state index in [2.05, 4.69) is 16.0 Å². The van der Waals surface area contributed by atoms with Crippen LogP contribution in [0.15, 0.2) is 24.3 Å². The van der Waals surface area contributed by atoms with Crippen LogP contribution in [0.25, 0.3) is 0 Å². The first-order valence-electron chi connectivity index (χ1n) is 7.60. The SMILES string of the molecule is CCC(C)C(=O)Nc1cccc(CNC(=O)C2CSC(=O)N2)c1. The van der Waals surface area contributed by atoms with Crippen molar-refractivity contribution < 1.29 is 14.4 Å². The van der Waals surface area contributed by atoms with Crippen molar-refractivity contribution in [2.45, 2.75) is 32.9 Å². The molecular formula is C16H21N3O3S. The first kappa shape index (κ1) is 17.3. The summed E-state index contributed by atoms with van der Waals surface area (Å²) < 4.78 is 0.